The first-order valence-electron chi connectivity index (χ1n) is 9.50. The van der Waals surface area contributed by atoms with E-state index in [9.17, 15) is 4.79 Å². The zero-order valence-corrected chi connectivity index (χ0v) is 16.3. The Kier molecular flexibility index (Phi) is 6.07. The van der Waals surface area contributed by atoms with Gasteiger partial charge in [-0.05, 0) is 37.0 Å². The Morgan fingerprint density at radius 1 is 1.15 bits per heavy atom. The Hall–Kier alpha value is -2.88. The molecule has 0 aliphatic carbocycles. The smallest absolute Gasteiger partial charge is 0.252 e. The summed E-state index contributed by atoms with van der Waals surface area (Å²) in [6.45, 7) is 4.20. The maximum Gasteiger partial charge on any atom is 0.252 e. The molecule has 0 unspecified atom stereocenters. The van der Waals surface area contributed by atoms with Crippen molar-refractivity contribution >= 4 is 5.91 Å². The minimum atomic E-state index is -0.0880. The van der Waals surface area contributed by atoms with E-state index in [2.05, 4.69) is 48.4 Å². The third-order valence-electron chi connectivity index (χ3n) is 4.83. The van der Waals surface area contributed by atoms with Crippen molar-refractivity contribution in [2.24, 2.45) is 7.05 Å². The van der Waals surface area contributed by atoms with Crippen molar-refractivity contribution in [1.29, 1.82) is 0 Å². The molecule has 4 nitrogen and oxygen atoms in total. The number of aryl methyl sites for hydroxylation is 2. The molecule has 0 bridgehead atoms. The lowest BCUT2D eigenvalue weighted by Gasteiger charge is -2.19. The lowest BCUT2D eigenvalue weighted by Crippen LogP contribution is -2.31. The normalized spacial score (nSPS) is 12.0. The predicted octanol–water partition coefficient (Wildman–Crippen LogP) is 4.59. The lowest BCUT2D eigenvalue weighted by molar-refractivity contribution is 0.0931. The summed E-state index contributed by atoms with van der Waals surface area (Å²) in [5.41, 5.74) is 4.21. The second kappa shape index (κ2) is 8.67. The molecule has 3 aromatic rings. The van der Waals surface area contributed by atoms with Gasteiger partial charge in [0, 0.05) is 25.0 Å². The first kappa shape index (κ1) is 18.9. The minimum absolute atomic E-state index is 0.0424. The standard InChI is InChI=1S/C23H27N3O/c1-4-7-21(22-24-14-15-26(22)3)25-23(27)20-9-6-5-8-19(20)16-18-12-10-17(2)11-13-18/h5-6,8-15,21H,4,7,16H2,1-3H3,(H,25,27)/t21-/m1/s1. The van der Waals surface area contributed by atoms with Gasteiger partial charge in [0.2, 0.25) is 0 Å². The molecule has 1 heterocycles. The molecule has 0 fully saturated rings. The van der Waals surface area contributed by atoms with Crippen LogP contribution in [0.2, 0.25) is 0 Å². The number of hydrogen-bond acceptors (Lipinski definition) is 2. The van der Waals surface area contributed by atoms with Crippen LogP contribution in [-0.2, 0) is 13.5 Å². The molecule has 1 N–H and O–H groups in total. The largest absolute Gasteiger partial charge is 0.342 e. The summed E-state index contributed by atoms with van der Waals surface area (Å²) in [6.07, 6.45) is 6.26. The first-order chi connectivity index (χ1) is 13.1. The first-order valence-corrected chi connectivity index (χ1v) is 9.50. The van der Waals surface area contributed by atoms with Crippen LogP contribution in [0.25, 0.3) is 0 Å². The molecule has 0 saturated carbocycles. The molecular formula is C23H27N3O. The van der Waals surface area contributed by atoms with Crippen LogP contribution in [-0.4, -0.2) is 15.5 Å². The Morgan fingerprint density at radius 3 is 2.56 bits per heavy atom. The number of imidazole rings is 1. The second-order valence-corrected chi connectivity index (χ2v) is 7.03. The van der Waals surface area contributed by atoms with Gasteiger partial charge in [-0.2, -0.15) is 0 Å². The second-order valence-electron chi connectivity index (χ2n) is 7.03. The summed E-state index contributed by atoms with van der Waals surface area (Å²) in [4.78, 5) is 17.5. The number of nitrogens with one attached hydrogen (secondary N) is 1. The number of amides is 1. The van der Waals surface area contributed by atoms with Gasteiger partial charge < -0.3 is 9.88 Å². The van der Waals surface area contributed by atoms with Crippen LogP contribution in [0.1, 0.15) is 58.7 Å². The van der Waals surface area contributed by atoms with Gasteiger partial charge >= 0.3 is 0 Å². The highest BCUT2D eigenvalue weighted by Gasteiger charge is 2.20. The maximum absolute atomic E-state index is 13.1. The quantitative estimate of drug-likeness (QED) is 0.669. The van der Waals surface area contributed by atoms with Crippen LogP contribution in [0.15, 0.2) is 60.9 Å². The number of rotatable bonds is 7. The highest BCUT2D eigenvalue weighted by Crippen LogP contribution is 2.20. The molecule has 0 aliphatic rings. The van der Waals surface area contributed by atoms with Gasteiger partial charge in [-0.15, -0.1) is 0 Å². The summed E-state index contributed by atoms with van der Waals surface area (Å²) < 4.78 is 1.97. The fraction of sp³-hybridized carbons (Fsp3) is 0.304. The number of carbonyl (C=O) groups is 1. The summed E-state index contributed by atoms with van der Waals surface area (Å²) in [7, 11) is 1.96. The molecule has 0 spiro atoms. The summed E-state index contributed by atoms with van der Waals surface area (Å²) >= 11 is 0. The van der Waals surface area contributed by atoms with Crippen LogP contribution in [0, 0.1) is 6.92 Å². The summed E-state index contributed by atoms with van der Waals surface area (Å²) in [6, 6.07) is 16.2. The molecule has 1 amide bonds. The number of benzene rings is 2. The van der Waals surface area contributed by atoms with Crippen molar-refractivity contribution in [1.82, 2.24) is 14.9 Å². The van der Waals surface area contributed by atoms with Crippen molar-refractivity contribution in [2.45, 2.75) is 39.2 Å². The van der Waals surface area contributed by atoms with Crippen molar-refractivity contribution in [3.63, 3.8) is 0 Å². The average Bonchev–Trinajstić information content (AvgIpc) is 3.09. The van der Waals surface area contributed by atoms with Crippen LogP contribution < -0.4 is 5.32 Å². The van der Waals surface area contributed by atoms with Gasteiger partial charge in [-0.3, -0.25) is 4.79 Å². The van der Waals surface area contributed by atoms with E-state index in [-0.39, 0.29) is 11.9 Å². The van der Waals surface area contributed by atoms with Gasteiger partial charge in [0.05, 0.1) is 6.04 Å². The molecule has 0 saturated heterocycles. The van der Waals surface area contributed by atoms with Gasteiger partial charge in [-0.1, -0.05) is 61.4 Å². The molecule has 27 heavy (non-hydrogen) atoms. The number of aromatic nitrogens is 2. The third-order valence-corrected chi connectivity index (χ3v) is 4.83. The van der Waals surface area contributed by atoms with E-state index in [1.165, 1.54) is 11.1 Å². The maximum atomic E-state index is 13.1. The van der Waals surface area contributed by atoms with Gasteiger partial charge in [-0.25, -0.2) is 4.98 Å². The zero-order valence-electron chi connectivity index (χ0n) is 16.3. The molecule has 1 aromatic heterocycles. The van der Waals surface area contributed by atoms with E-state index < -0.39 is 0 Å². The molecule has 140 valence electrons. The van der Waals surface area contributed by atoms with E-state index in [0.29, 0.717) is 0 Å². The lowest BCUT2D eigenvalue weighted by atomic mass is 9.98. The monoisotopic (exact) mass is 361 g/mol. The number of carbonyl (C=O) groups excluding carboxylic acids is 1. The highest BCUT2D eigenvalue weighted by atomic mass is 16.1. The van der Waals surface area contributed by atoms with Crippen molar-refractivity contribution < 1.29 is 4.79 Å². The Balaban J connectivity index is 1.81. The fourth-order valence-corrected chi connectivity index (χ4v) is 3.33. The Morgan fingerprint density at radius 2 is 1.89 bits per heavy atom. The third kappa shape index (κ3) is 4.64. The number of nitrogens with zero attached hydrogens (tertiary/aromatic N) is 2. The van der Waals surface area contributed by atoms with E-state index in [4.69, 9.17) is 0 Å². The van der Waals surface area contributed by atoms with E-state index in [1.54, 1.807) is 6.20 Å². The Labute approximate surface area is 161 Å². The minimum Gasteiger partial charge on any atom is -0.342 e. The fourth-order valence-electron chi connectivity index (χ4n) is 3.33. The summed E-state index contributed by atoms with van der Waals surface area (Å²) in [5.74, 6) is 0.848. The van der Waals surface area contributed by atoms with Crippen LogP contribution in [0.5, 0.6) is 0 Å². The molecule has 4 heteroatoms. The predicted molar refractivity (Wildman–Crippen MR) is 109 cm³/mol. The summed E-state index contributed by atoms with van der Waals surface area (Å²) in [5, 5.41) is 3.19. The highest BCUT2D eigenvalue weighted by molar-refractivity contribution is 5.96. The number of hydrogen-bond donors (Lipinski definition) is 1. The SMILES string of the molecule is CCC[C@@H](NC(=O)c1ccccc1Cc1ccc(C)cc1)c1nccn1C. The van der Waals surface area contributed by atoms with Crippen molar-refractivity contribution in [2.75, 3.05) is 0 Å². The van der Waals surface area contributed by atoms with Gasteiger partial charge in [0.1, 0.15) is 5.82 Å². The topological polar surface area (TPSA) is 46.9 Å². The molecule has 0 aliphatic heterocycles. The van der Waals surface area contributed by atoms with E-state index >= 15 is 0 Å². The van der Waals surface area contributed by atoms with Gasteiger partial charge in [0.15, 0.2) is 0 Å². The van der Waals surface area contributed by atoms with Gasteiger partial charge in [0.25, 0.3) is 5.91 Å². The molecular weight excluding hydrogens is 334 g/mol. The molecule has 1 atom stereocenters. The van der Waals surface area contributed by atoms with Crippen LogP contribution in [0.4, 0.5) is 0 Å². The average molecular weight is 361 g/mol. The molecule has 2 aromatic carbocycles. The van der Waals surface area contributed by atoms with Crippen LogP contribution >= 0.6 is 0 Å². The van der Waals surface area contributed by atoms with Crippen LogP contribution in [0.3, 0.4) is 0 Å². The Bertz CT molecular complexity index is 896. The molecule has 3 rings (SSSR count). The molecule has 0 radical (unpaired) electrons. The zero-order chi connectivity index (χ0) is 19.2. The van der Waals surface area contributed by atoms with Crippen molar-refractivity contribution in [3.05, 3.63) is 89.0 Å². The van der Waals surface area contributed by atoms with Crippen molar-refractivity contribution in [3.8, 4) is 0 Å². The van der Waals surface area contributed by atoms with E-state index in [1.807, 2.05) is 42.1 Å². The van der Waals surface area contributed by atoms with E-state index in [0.717, 1.165) is 36.2 Å².